The molecule has 3 nitrogen and oxygen atoms in total. The van der Waals surface area contributed by atoms with E-state index in [0.29, 0.717) is 12.6 Å². The molecule has 0 radical (unpaired) electrons. The van der Waals surface area contributed by atoms with E-state index in [-0.39, 0.29) is 0 Å². The molecule has 15 heavy (non-hydrogen) atoms. The lowest BCUT2D eigenvalue weighted by Crippen LogP contribution is -2.50. The second-order valence-corrected chi connectivity index (χ2v) is 3.67. The Hall–Kier alpha value is -1.22. The molecular weight excluding hydrogens is 190 g/mol. The van der Waals surface area contributed by atoms with Crippen molar-refractivity contribution in [2.45, 2.75) is 13.0 Å². The minimum Gasteiger partial charge on any atom is -0.490 e. The third kappa shape index (κ3) is 1.92. The van der Waals surface area contributed by atoms with Crippen LogP contribution in [-0.2, 0) is 9.47 Å². The molecule has 2 heterocycles. The molecule has 3 heteroatoms. The Bertz CT molecular complexity index is 307. The molecule has 1 atom stereocenters. The van der Waals surface area contributed by atoms with Crippen molar-refractivity contribution < 1.29 is 9.47 Å². The molecular formula is C12H17NO2. The lowest BCUT2D eigenvalue weighted by molar-refractivity contribution is -0.0389. The molecule has 1 unspecified atom stereocenters. The lowest BCUT2D eigenvalue weighted by Gasteiger charge is -2.42. The van der Waals surface area contributed by atoms with Crippen LogP contribution in [0.3, 0.4) is 0 Å². The SMILES string of the molecule is C=C/C=C1\C(=C/C)OCC2COCCN12. The van der Waals surface area contributed by atoms with Crippen molar-refractivity contribution >= 4 is 0 Å². The summed E-state index contributed by atoms with van der Waals surface area (Å²) < 4.78 is 11.1. The minimum absolute atomic E-state index is 0.355. The van der Waals surface area contributed by atoms with Gasteiger partial charge in [-0.1, -0.05) is 12.7 Å². The zero-order valence-electron chi connectivity index (χ0n) is 9.11. The Morgan fingerprint density at radius 3 is 3.07 bits per heavy atom. The molecule has 0 spiro atoms. The Morgan fingerprint density at radius 1 is 1.47 bits per heavy atom. The van der Waals surface area contributed by atoms with E-state index in [1.54, 1.807) is 6.08 Å². The molecule has 2 rings (SSSR count). The first kappa shape index (κ1) is 10.3. The standard InChI is InChI=1S/C12H17NO2/c1-3-5-11-12(4-2)15-9-10-8-14-7-6-13(10)11/h3-5,10H,1,6-9H2,2H3/b11-5+,12-4+. The normalized spacial score (nSPS) is 31.3. The molecule has 2 aliphatic heterocycles. The van der Waals surface area contributed by atoms with Gasteiger partial charge >= 0.3 is 0 Å². The second-order valence-electron chi connectivity index (χ2n) is 3.67. The Kier molecular flexibility index (Phi) is 3.11. The summed E-state index contributed by atoms with van der Waals surface area (Å²) in [7, 11) is 0. The maximum absolute atomic E-state index is 5.69. The van der Waals surface area contributed by atoms with E-state index >= 15 is 0 Å². The molecule has 0 bridgehead atoms. The third-order valence-electron chi connectivity index (χ3n) is 2.76. The highest BCUT2D eigenvalue weighted by molar-refractivity contribution is 5.30. The average Bonchev–Trinajstić information content (AvgIpc) is 2.30. The van der Waals surface area contributed by atoms with Crippen LogP contribution in [0.25, 0.3) is 0 Å². The molecule has 0 N–H and O–H groups in total. The largest absolute Gasteiger partial charge is 0.490 e. The van der Waals surface area contributed by atoms with Crippen LogP contribution in [0, 0.1) is 0 Å². The van der Waals surface area contributed by atoms with Gasteiger partial charge in [0, 0.05) is 6.54 Å². The van der Waals surface area contributed by atoms with Gasteiger partial charge in [-0.25, -0.2) is 0 Å². The summed E-state index contributed by atoms with van der Waals surface area (Å²) in [5.41, 5.74) is 1.13. The number of hydrogen-bond acceptors (Lipinski definition) is 3. The number of ether oxygens (including phenoxy) is 2. The van der Waals surface area contributed by atoms with Gasteiger partial charge in [0.05, 0.1) is 25.0 Å². The Labute approximate surface area is 90.7 Å². The van der Waals surface area contributed by atoms with E-state index in [2.05, 4.69) is 11.5 Å². The van der Waals surface area contributed by atoms with Crippen LogP contribution < -0.4 is 0 Å². The number of fused-ring (bicyclic) bond motifs is 1. The van der Waals surface area contributed by atoms with Gasteiger partial charge in [0.2, 0.25) is 0 Å². The summed E-state index contributed by atoms with van der Waals surface area (Å²) in [5.74, 6) is 0.952. The Balaban J connectivity index is 2.25. The van der Waals surface area contributed by atoms with Crippen LogP contribution in [0.5, 0.6) is 0 Å². The predicted octanol–water partition coefficient (Wildman–Crippen LogP) is 1.69. The van der Waals surface area contributed by atoms with Crippen molar-refractivity contribution in [1.29, 1.82) is 0 Å². The number of morpholine rings is 2. The number of rotatable bonds is 1. The van der Waals surface area contributed by atoms with Crippen molar-refractivity contribution in [2.75, 3.05) is 26.4 Å². The fourth-order valence-electron chi connectivity index (χ4n) is 2.03. The van der Waals surface area contributed by atoms with Crippen LogP contribution >= 0.6 is 0 Å². The first-order valence-corrected chi connectivity index (χ1v) is 5.33. The van der Waals surface area contributed by atoms with Crippen LogP contribution in [0.15, 0.2) is 36.3 Å². The summed E-state index contributed by atoms with van der Waals surface area (Å²) in [5, 5.41) is 0. The zero-order chi connectivity index (χ0) is 10.7. The van der Waals surface area contributed by atoms with E-state index in [0.717, 1.165) is 31.2 Å². The molecule has 82 valence electrons. The Morgan fingerprint density at radius 2 is 2.33 bits per heavy atom. The summed E-state index contributed by atoms with van der Waals surface area (Å²) in [6.07, 6.45) is 5.81. The van der Waals surface area contributed by atoms with E-state index in [9.17, 15) is 0 Å². The molecule has 0 aromatic heterocycles. The molecule has 0 amide bonds. The van der Waals surface area contributed by atoms with Crippen molar-refractivity contribution in [1.82, 2.24) is 4.90 Å². The molecule has 2 aliphatic rings. The fourth-order valence-corrected chi connectivity index (χ4v) is 2.03. The van der Waals surface area contributed by atoms with Crippen LogP contribution in [-0.4, -0.2) is 37.3 Å². The highest BCUT2D eigenvalue weighted by Gasteiger charge is 2.31. The van der Waals surface area contributed by atoms with E-state index < -0.39 is 0 Å². The smallest absolute Gasteiger partial charge is 0.138 e. The predicted molar refractivity (Wildman–Crippen MR) is 59.3 cm³/mol. The van der Waals surface area contributed by atoms with Gasteiger partial charge in [-0.15, -0.1) is 0 Å². The van der Waals surface area contributed by atoms with Crippen LogP contribution in [0.1, 0.15) is 6.92 Å². The molecule has 0 aromatic carbocycles. The van der Waals surface area contributed by atoms with Gasteiger partial charge in [-0.2, -0.15) is 0 Å². The van der Waals surface area contributed by atoms with Gasteiger partial charge in [0.15, 0.2) is 0 Å². The van der Waals surface area contributed by atoms with Gasteiger partial charge in [-0.3, -0.25) is 0 Å². The minimum atomic E-state index is 0.355. The highest BCUT2D eigenvalue weighted by atomic mass is 16.5. The molecule has 2 saturated heterocycles. The van der Waals surface area contributed by atoms with Gasteiger partial charge < -0.3 is 14.4 Å². The van der Waals surface area contributed by atoms with Gasteiger partial charge in [0.1, 0.15) is 12.4 Å². The first-order chi connectivity index (χ1) is 7.36. The van der Waals surface area contributed by atoms with E-state index in [1.807, 2.05) is 19.1 Å². The number of hydrogen-bond donors (Lipinski definition) is 0. The van der Waals surface area contributed by atoms with E-state index in [4.69, 9.17) is 9.47 Å². The average molecular weight is 207 g/mol. The zero-order valence-corrected chi connectivity index (χ0v) is 9.11. The van der Waals surface area contributed by atoms with Gasteiger partial charge in [-0.05, 0) is 19.1 Å². The van der Waals surface area contributed by atoms with Gasteiger partial charge in [0.25, 0.3) is 0 Å². The number of allylic oxidation sites excluding steroid dienone is 3. The lowest BCUT2D eigenvalue weighted by atomic mass is 10.1. The maximum Gasteiger partial charge on any atom is 0.138 e. The van der Waals surface area contributed by atoms with Crippen molar-refractivity contribution in [2.24, 2.45) is 0 Å². The summed E-state index contributed by atoms with van der Waals surface area (Å²) in [6.45, 7) is 8.94. The summed E-state index contributed by atoms with van der Waals surface area (Å²) in [6, 6.07) is 0.355. The van der Waals surface area contributed by atoms with Crippen molar-refractivity contribution in [3.63, 3.8) is 0 Å². The fraction of sp³-hybridized carbons (Fsp3) is 0.500. The molecule has 0 aromatic rings. The number of nitrogens with zero attached hydrogens (tertiary/aromatic N) is 1. The van der Waals surface area contributed by atoms with Crippen LogP contribution in [0.4, 0.5) is 0 Å². The molecule has 2 fully saturated rings. The van der Waals surface area contributed by atoms with E-state index in [1.165, 1.54) is 0 Å². The third-order valence-corrected chi connectivity index (χ3v) is 2.76. The summed E-state index contributed by atoms with van der Waals surface area (Å²) >= 11 is 0. The topological polar surface area (TPSA) is 21.7 Å². The van der Waals surface area contributed by atoms with Crippen LogP contribution in [0.2, 0.25) is 0 Å². The molecule has 0 saturated carbocycles. The quantitative estimate of drug-likeness (QED) is 0.653. The first-order valence-electron chi connectivity index (χ1n) is 5.33. The molecule has 0 aliphatic carbocycles. The summed E-state index contributed by atoms with van der Waals surface area (Å²) in [4.78, 5) is 2.35. The van der Waals surface area contributed by atoms with Crippen molar-refractivity contribution in [3.05, 3.63) is 36.3 Å². The second kappa shape index (κ2) is 4.53. The maximum atomic E-state index is 5.69. The van der Waals surface area contributed by atoms with Crippen molar-refractivity contribution in [3.8, 4) is 0 Å². The monoisotopic (exact) mass is 207 g/mol. The highest BCUT2D eigenvalue weighted by Crippen LogP contribution is 2.27.